The molecule has 116 valence electrons. The van der Waals surface area contributed by atoms with Crippen LogP contribution in [0.3, 0.4) is 0 Å². The van der Waals surface area contributed by atoms with E-state index in [1.54, 1.807) is 6.07 Å². The van der Waals surface area contributed by atoms with Gasteiger partial charge in [-0.3, -0.25) is 20.2 Å². The molecule has 1 saturated heterocycles. The third-order valence-electron chi connectivity index (χ3n) is 3.55. The first-order valence-electron chi connectivity index (χ1n) is 6.87. The van der Waals surface area contributed by atoms with Crippen LogP contribution >= 0.6 is 0 Å². The molecule has 0 saturated carbocycles. The second kappa shape index (κ2) is 6.43. The SMILES string of the molecule is C=C(C)CC(c1ccccc1OC)C1C(=O)NC(=O)NC1=O. The Morgan fingerprint density at radius 3 is 2.36 bits per heavy atom. The first-order valence-corrected chi connectivity index (χ1v) is 6.87. The number of imide groups is 2. The van der Waals surface area contributed by atoms with Gasteiger partial charge >= 0.3 is 6.03 Å². The molecule has 1 fully saturated rings. The molecule has 1 heterocycles. The van der Waals surface area contributed by atoms with E-state index in [4.69, 9.17) is 4.74 Å². The fraction of sp³-hybridized carbons (Fsp3) is 0.312. The number of amides is 4. The first-order chi connectivity index (χ1) is 10.4. The van der Waals surface area contributed by atoms with E-state index in [0.29, 0.717) is 12.2 Å². The lowest BCUT2D eigenvalue weighted by Crippen LogP contribution is -2.57. The zero-order valence-electron chi connectivity index (χ0n) is 12.5. The predicted molar refractivity (Wildman–Crippen MR) is 80.3 cm³/mol. The standard InChI is InChI=1S/C16H18N2O4/c1-9(2)8-11(10-6-4-5-7-12(10)22-3)13-14(19)17-16(21)18-15(13)20/h4-7,11,13H,1,8H2,2-3H3,(H2,17,18,19,20,21). The van der Waals surface area contributed by atoms with Crippen molar-refractivity contribution in [1.29, 1.82) is 0 Å². The zero-order valence-corrected chi connectivity index (χ0v) is 12.5. The van der Waals surface area contributed by atoms with Gasteiger partial charge in [0.15, 0.2) is 0 Å². The molecule has 0 spiro atoms. The number of methoxy groups -OCH3 is 1. The van der Waals surface area contributed by atoms with Crippen LogP contribution in [0.15, 0.2) is 36.4 Å². The van der Waals surface area contributed by atoms with Crippen molar-refractivity contribution in [2.45, 2.75) is 19.3 Å². The Labute approximate surface area is 128 Å². The number of allylic oxidation sites excluding steroid dienone is 1. The molecule has 1 aromatic carbocycles. The van der Waals surface area contributed by atoms with Gasteiger partial charge in [-0.05, 0) is 25.0 Å². The van der Waals surface area contributed by atoms with Crippen molar-refractivity contribution in [2.24, 2.45) is 5.92 Å². The molecule has 0 radical (unpaired) electrons. The summed E-state index contributed by atoms with van der Waals surface area (Å²) in [4.78, 5) is 35.5. The summed E-state index contributed by atoms with van der Waals surface area (Å²) in [5.74, 6) is -2.09. The normalized spacial score (nSPS) is 16.7. The van der Waals surface area contributed by atoms with E-state index >= 15 is 0 Å². The van der Waals surface area contributed by atoms with Crippen molar-refractivity contribution < 1.29 is 19.1 Å². The van der Waals surface area contributed by atoms with Gasteiger partial charge < -0.3 is 4.74 Å². The second-order valence-corrected chi connectivity index (χ2v) is 5.29. The molecule has 0 aliphatic carbocycles. The summed E-state index contributed by atoms with van der Waals surface area (Å²) < 4.78 is 5.33. The molecule has 1 atom stereocenters. The van der Waals surface area contributed by atoms with E-state index < -0.39 is 29.7 Å². The van der Waals surface area contributed by atoms with Gasteiger partial charge in [-0.2, -0.15) is 0 Å². The first kappa shape index (κ1) is 15.8. The van der Waals surface area contributed by atoms with Gasteiger partial charge in [0, 0.05) is 5.92 Å². The molecule has 1 aliphatic rings. The van der Waals surface area contributed by atoms with Crippen molar-refractivity contribution in [3.8, 4) is 5.75 Å². The Hall–Kier alpha value is -2.63. The monoisotopic (exact) mass is 302 g/mol. The van der Waals surface area contributed by atoms with E-state index in [2.05, 4.69) is 17.2 Å². The Bertz CT molecular complexity index is 619. The van der Waals surface area contributed by atoms with Crippen molar-refractivity contribution in [3.05, 3.63) is 42.0 Å². The molecule has 1 unspecified atom stereocenters. The van der Waals surface area contributed by atoms with Crippen molar-refractivity contribution in [3.63, 3.8) is 0 Å². The number of urea groups is 1. The van der Waals surface area contributed by atoms with E-state index in [1.807, 2.05) is 25.1 Å². The minimum Gasteiger partial charge on any atom is -0.496 e. The fourth-order valence-corrected chi connectivity index (χ4v) is 2.65. The highest BCUT2D eigenvalue weighted by atomic mass is 16.5. The molecule has 2 N–H and O–H groups in total. The average Bonchev–Trinajstić information content (AvgIpc) is 2.44. The van der Waals surface area contributed by atoms with Crippen LogP contribution in [-0.2, 0) is 9.59 Å². The third kappa shape index (κ3) is 3.16. The fourth-order valence-electron chi connectivity index (χ4n) is 2.65. The smallest absolute Gasteiger partial charge is 0.328 e. The lowest BCUT2D eigenvalue weighted by atomic mass is 9.79. The highest BCUT2D eigenvalue weighted by molar-refractivity contribution is 6.16. The van der Waals surface area contributed by atoms with Gasteiger partial charge in [0.05, 0.1) is 7.11 Å². The number of ether oxygens (including phenoxy) is 1. The molecule has 1 aromatic rings. The third-order valence-corrected chi connectivity index (χ3v) is 3.55. The highest BCUT2D eigenvalue weighted by Gasteiger charge is 2.41. The number of nitrogens with one attached hydrogen (secondary N) is 2. The lowest BCUT2D eigenvalue weighted by Gasteiger charge is -2.29. The summed E-state index contributed by atoms with van der Waals surface area (Å²) in [6.45, 7) is 5.69. The number of barbiturate groups is 1. The average molecular weight is 302 g/mol. The second-order valence-electron chi connectivity index (χ2n) is 5.29. The quantitative estimate of drug-likeness (QED) is 0.641. The summed E-state index contributed by atoms with van der Waals surface area (Å²) >= 11 is 0. The number of hydrogen-bond acceptors (Lipinski definition) is 4. The maximum absolute atomic E-state index is 12.1. The summed E-state index contributed by atoms with van der Waals surface area (Å²) in [6, 6.07) is 6.41. The van der Waals surface area contributed by atoms with Crippen LogP contribution in [0.5, 0.6) is 5.75 Å². The Kier molecular flexibility index (Phi) is 4.60. The minimum absolute atomic E-state index is 0.431. The zero-order chi connectivity index (χ0) is 16.3. The summed E-state index contributed by atoms with van der Waals surface area (Å²) in [7, 11) is 1.53. The van der Waals surface area contributed by atoms with E-state index in [0.717, 1.165) is 11.1 Å². The molecular formula is C16H18N2O4. The van der Waals surface area contributed by atoms with Gasteiger partial charge in [0.1, 0.15) is 11.7 Å². The van der Waals surface area contributed by atoms with E-state index in [9.17, 15) is 14.4 Å². The van der Waals surface area contributed by atoms with E-state index in [1.165, 1.54) is 7.11 Å². The molecule has 0 bridgehead atoms. The van der Waals surface area contributed by atoms with Crippen molar-refractivity contribution in [1.82, 2.24) is 10.6 Å². The number of rotatable bonds is 5. The molecule has 6 heteroatoms. The van der Waals surface area contributed by atoms with Gasteiger partial charge in [-0.25, -0.2) is 4.79 Å². The predicted octanol–water partition coefficient (Wildman–Crippen LogP) is 1.73. The summed E-state index contributed by atoms with van der Waals surface area (Å²) in [6.07, 6.45) is 0.431. The highest BCUT2D eigenvalue weighted by Crippen LogP contribution is 2.37. The Morgan fingerprint density at radius 1 is 1.23 bits per heavy atom. The molecule has 1 aliphatic heterocycles. The largest absolute Gasteiger partial charge is 0.496 e. The minimum atomic E-state index is -1.01. The molecule has 0 aromatic heterocycles. The van der Waals surface area contributed by atoms with Gasteiger partial charge in [0.2, 0.25) is 11.8 Å². The van der Waals surface area contributed by atoms with Gasteiger partial charge in [-0.15, -0.1) is 6.58 Å². The van der Waals surface area contributed by atoms with Crippen LogP contribution in [0, 0.1) is 5.92 Å². The molecule has 6 nitrogen and oxygen atoms in total. The topological polar surface area (TPSA) is 84.5 Å². The van der Waals surface area contributed by atoms with Crippen LogP contribution in [-0.4, -0.2) is 25.0 Å². The number of carbonyl (C=O) groups is 3. The number of para-hydroxylation sites is 1. The molecule has 4 amide bonds. The molecule has 2 rings (SSSR count). The van der Waals surface area contributed by atoms with Crippen LogP contribution in [0.4, 0.5) is 4.79 Å². The number of benzene rings is 1. The van der Waals surface area contributed by atoms with Gasteiger partial charge in [-0.1, -0.05) is 23.8 Å². The van der Waals surface area contributed by atoms with E-state index in [-0.39, 0.29) is 0 Å². The van der Waals surface area contributed by atoms with Crippen molar-refractivity contribution in [2.75, 3.05) is 7.11 Å². The van der Waals surface area contributed by atoms with Crippen LogP contribution in [0.2, 0.25) is 0 Å². The number of hydrogen-bond donors (Lipinski definition) is 2. The molecule has 22 heavy (non-hydrogen) atoms. The van der Waals surface area contributed by atoms with Crippen LogP contribution < -0.4 is 15.4 Å². The van der Waals surface area contributed by atoms with Crippen molar-refractivity contribution >= 4 is 17.8 Å². The Morgan fingerprint density at radius 2 is 1.82 bits per heavy atom. The summed E-state index contributed by atoms with van der Waals surface area (Å²) in [5, 5.41) is 4.28. The van der Waals surface area contributed by atoms with Gasteiger partial charge in [0.25, 0.3) is 0 Å². The molecular weight excluding hydrogens is 284 g/mol. The summed E-state index contributed by atoms with van der Waals surface area (Å²) in [5.41, 5.74) is 1.56. The van der Waals surface area contributed by atoms with Crippen LogP contribution in [0.25, 0.3) is 0 Å². The maximum Gasteiger partial charge on any atom is 0.328 e. The Balaban J connectivity index is 2.46. The lowest BCUT2D eigenvalue weighted by molar-refractivity contribution is -0.136. The maximum atomic E-state index is 12.1. The number of carbonyl (C=O) groups excluding carboxylic acids is 3. The van der Waals surface area contributed by atoms with Crippen LogP contribution in [0.1, 0.15) is 24.8 Å².